The Balaban J connectivity index is 1.54. The Kier molecular flexibility index (Phi) is 7.90. The van der Waals surface area contributed by atoms with Crippen molar-refractivity contribution in [1.29, 1.82) is 0 Å². The van der Waals surface area contributed by atoms with Crippen molar-refractivity contribution in [2.75, 3.05) is 44.2 Å². The number of furan rings is 1. The lowest BCUT2D eigenvalue weighted by Crippen LogP contribution is -3.15. The van der Waals surface area contributed by atoms with Crippen molar-refractivity contribution in [2.24, 2.45) is 5.92 Å². The van der Waals surface area contributed by atoms with Crippen molar-refractivity contribution in [1.82, 2.24) is 10.6 Å². The minimum atomic E-state index is -0.586. The number of nitrogens with one attached hydrogen (secondary N) is 3. The Bertz CT molecular complexity index is 784. The van der Waals surface area contributed by atoms with Crippen LogP contribution >= 0.6 is 0 Å². The predicted octanol–water partition coefficient (Wildman–Crippen LogP) is 1.00. The number of benzene rings is 1. The lowest BCUT2D eigenvalue weighted by Gasteiger charge is -2.37. The van der Waals surface area contributed by atoms with Crippen LogP contribution in [-0.2, 0) is 9.59 Å². The average Bonchev–Trinajstić information content (AvgIpc) is 3.29. The van der Waals surface area contributed by atoms with Gasteiger partial charge in [0.05, 0.1) is 39.0 Å². The van der Waals surface area contributed by atoms with E-state index in [1.165, 1.54) is 10.6 Å². The summed E-state index contributed by atoms with van der Waals surface area (Å²) < 4.78 is 5.66. The van der Waals surface area contributed by atoms with E-state index in [-0.39, 0.29) is 6.04 Å². The number of hydrogen-bond acceptors (Lipinski definition) is 4. The van der Waals surface area contributed by atoms with Crippen LogP contribution in [0.4, 0.5) is 5.69 Å². The van der Waals surface area contributed by atoms with E-state index in [1.54, 1.807) is 6.26 Å². The van der Waals surface area contributed by atoms with Crippen LogP contribution in [0.25, 0.3) is 0 Å². The maximum atomic E-state index is 12.2. The van der Waals surface area contributed by atoms with Gasteiger partial charge in [-0.25, -0.2) is 0 Å². The molecule has 30 heavy (non-hydrogen) atoms. The highest BCUT2D eigenvalue weighted by Gasteiger charge is 2.31. The van der Waals surface area contributed by atoms with Crippen LogP contribution in [0, 0.1) is 5.92 Å². The summed E-state index contributed by atoms with van der Waals surface area (Å²) >= 11 is 0. The molecule has 1 atom stereocenters. The van der Waals surface area contributed by atoms with E-state index in [1.807, 2.05) is 18.2 Å². The molecule has 7 heteroatoms. The summed E-state index contributed by atoms with van der Waals surface area (Å²) in [4.78, 5) is 28.0. The molecule has 1 aromatic heterocycles. The fraction of sp³-hybridized carbons (Fsp3) is 0.478. The molecule has 1 fully saturated rings. The Labute approximate surface area is 178 Å². The van der Waals surface area contributed by atoms with E-state index in [0.29, 0.717) is 19.0 Å². The zero-order chi connectivity index (χ0) is 21.3. The molecule has 7 nitrogen and oxygen atoms in total. The van der Waals surface area contributed by atoms with Crippen molar-refractivity contribution in [3.63, 3.8) is 0 Å². The summed E-state index contributed by atoms with van der Waals surface area (Å²) in [6.07, 6.45) is 2.51. The van der Waals surface area contributed by atoms with Crippen LogP contribution in [0.5, 0.6) is 0 Å². The fourth-order valence-electron chi connectivity index (χ4n) is 3.80. The van der Waals surface area contributed by atoms with Gasteiger partial charge in [0.25, 0.3) is 0 Å². The molecule has 0 unspecified atom stereocenters. The second kappa shape index (κ2) is 10.8. The van der Waals surface area contributed by atoms with Crippen LogP contribution < -0.4 is 20.4 Å². The van der Waals surface area contributed by atoms with E-state index in [9.17, 15) is 9.59 Å². The smallest absolute Gasteiger partial charge is 0.309 e. The normalized spacial score (nSPS) is 15.8. The van der Waals surface area contributed by atoms with E-state index in [2.05, 4.69) is 53.6 Å². The molecule has 0 radical (unpaired) electrons. The molecule has 3 N–H and O–H groups in total. The van der Waals surface area contributed by atoms with Crippen molar-refractivity contribution in [3.05, 3.63) is 54.5 Å². The standard InChI is InChI=1S/C23H32N4O3/c1-18(2)10-11-24-22(28)23(29)25-17-20(21-9-6-16-30-21)27-14-12-26(13-15-27)19-7-4-3-5-8-19/h3-9,16,18,20H,10-15,17H2,1-2H3,(H,24,28)(H,25,29)/p+1/t20-/m0/s1. The predicted molar refractivity (Wildman–Crippen MR) is 116 cm³/mol. The molecule has 2 heterocycles. The van der Waals surface area contributed by atoms with Crippen molar-refractivity contribution < 1.29 is 18.9 Å². The number of anilines is 1. The Hall–Kier alpha value is -2.80. The number of hydrogen-bond donors (Lipinski definition) is 3. The summed E-state index contributed by atoms with van der Waals surface area (Å²) in [7, 11) is 0. The lowest BCUT2D eigenvalue weighted by molar-refractivity contribution is -0.932. The first-order valence-corrected chi connectivity index (χ1v) is 10.8. The molecule has 0 spiro atoms. The molecule has 1 saturated heterocycles. The Morgan fingerprint density at radius 3 is 2.37 bits per heavy atom. The summed E-state index contributed by atoms with van der Waals surface area (Å²) in [6.45, 7) is 8.76. The number of quaternary nitrogens is 1. The zero-order valence-electron chi connectivity index (χ0n) is 17.9. The topological polar surface area (TPSA) is 79.0 Å². The van der Waals surface area contributed by atoms with Gasteiger partial charge >= 0.3 is 11.8 Å². The molecular weight excluding hydrogens is 380 g/mol. The number of carbonyl (C=O) groups excluding carboxylic acids is 2. The molecule has 1 aromatic carbocycles. The van der Waals surface area contributed by atoms with Gasteiger partial charge in [-0.2, -0.15) is 0 Å². The average molecular weight is 414 g/mol. The first-order chi connectivity index (χ1) is 14.5. The number of nitrogens with zero attached hydrogens (tertiary/aromatic N) is 1. The molecule has 2 amide bonds. The zero-order valence-corrected chi connectivity index (χ0v) is 17.9. The van der Waals surface area contributed by atoms with Gasteiger partial charge in [0.1, 0.15) is 0 Å². The van der Waals surface area contributed by atoms with Crippen LogP contribution in [0.2, 0.25) is 0 Å². The Morgan fingerprint density at radius 2 is 1.73 bits per heavy atom. The van der Waals surface area contributed by atoms with E-state index >= 15 is 0 Å². The maximum absolute atomic E-state index is 12.2. The van der Waals surface area contributed by atoms with Crippen LogP contribution in [0.1, 0.15) is 32.1 Å². The number of para-hydroxylation sites is 1. The number of carbonyl (C=O) groups is 2. The third-order valence-electron chi connectivity index (χ3n) is 5.59. The lowest BCUT2D eigenvalue weighted by atomic mass is 10.1. The summed E-state index contributed by atoms with van der Waals surface area (Å²) in [6, 6.07) is 14.2. The monoisotopic (exact) mass is 413 g/mol. The molecule has 1 aliphatic heterocycles. The molecular formula is C23H33N4O3+. The largest absolute Gasteiger partial charge is 0.463 e. The van der Waals surface area contributed by atoms with Gasteiger partial charge in [0, 0.05) is 12.2 Å². The van der Waals surface area contributed by atoms with Gasteiger partial charge in [0.15, 0.2) is 11.8 Å². The molecule has 1 aliphatic rings. The van der Waals surface area contributed by atoms with Crippen LogP contribution in [-0.4, -0.2) is 51.1 Å². The van der Waals surface area contributed by atoms with Gasteiger partial charge in [-0.1, -0.05) is 32.0 Å². The maximum Gasteiger partial charge on any atom is 0.309 e. The van der Waals surface area contributed by atoms with Gasteiger partial charge < -0.3 is 24.9 Å². The molecule has 2 aromatic rings. The van der Waals surface area contributed by atoms with Gasteiger partial charge in [0.2, 0.25) is 0 Å². The third kappa shape index (κ3) is 6.10. The van der Waals surface area contributed by atoms with Crippen molar-refractivity contribution in [3.8, 4) is 0 Å². The highest BCUT2D eigenvalue weighted by atomic mass is 16.3. The minimum Gasteiger partial charge on any atom is -0.463 e. The van der Waals surface area contributed by atoms with Gasteiger partial charge in [-0.3, -0.25) is 9.59 Å². The molecule has 162 valence electrons. The number of piperazine rings is 1. The van der Waals surface area contributed by atoms with Crippen molar-refractivity contribution in [2.45, 2.75) is 26.3 Å². The van der Waals surface area contributed by atoms with Crippen LogP contribution in [0.3, 0.4) is 0 Å². The highest BCUT2D eigenvalue weighted by molar-refractivity contribution is 6.35. The second-order valence-electron chi connectivity index (χ2n) is 8.20. The van der Waals surface area contributed by atoms with Gasteiger partial charge in [-0.15, -0.1) is 0 Å². The number of amides is 2. The molecule has 3 rings (SSSR count). The first-order valence-electron chi connectivity index (χ1n) is 10.8. The Morgan fingerprint density at radius 1 is 1.03 bits per heavy atom. The van der Waals surface area contributed by atoms with E-state index in [4.69, 9.17) is 4.42 Å². The van der Waals surface area contributed by atoms with Crippen LogP contribution in [0.15, 0.2) is 53.1 Å². The highest BCUT2D eigenvalue weighted by Crippen LogP contribution is 2.14. The van der Waals surface area contributed by atoms with Crippen molar-refractivity contribution >= 4 is 17.5 Å². The molecule has 0 aliphatic carbocycles. The van der Waals surface area contributed by atoms with Gasteiger partial charge in [-0.05, 0) is 36.6 Å². The summed E-state index contributed by atoms with van der Waals surface area (Å²) in [5.41, 5.74) is 1.23. The van der Waals surface area contributed by atoms with E-state index in [0.717, 1.165) is 38.4 Å². The van der Waals surface area contributed by atoms with E-state index < -0.39 is 11.8 Å². The number of rotatable bonds is 8. The first kappa shape index (κ1) is 21.9. The second-order valence-corrected chi connectivity index (χ2v) is 8.20. The third-order valence-corrected chi connectivity index (χ3v) is 5.59. The SMILES string of the molecule is CC(C)CCNC(=O)C(=O)NC[C@@H](c1ccco1)[NH+]1CCN(c2ccccc2)CC1. The summed E-state index contributed by atoms with van der Waals surface area (Å²) in [5, 5.41) is 5.49. The minimum absolute atomic E-state index is 0.0228. The molecule has 0 saturated carbocycles. The quantitative estimate of drug-likeness (QED) is 0.565. The fourth-order valence-corrected chi connectivity index (χ4v) is 3.80. The molecule has 0 bridgehead atoms. The summed E-state index contributed by atoms with van der Waals surface area (Å²) in [5.74, 6) is 0.156.